The van der Waals surface area contributed by atoms with Crippen molar-refractivity contribution in [2.75, 3.05) is 26.6 Å². The summed E-state index contributed by atoms with van der Waals surface area (Å²) < 4.78 is 36.5. The zero-order valence-corrected chi connectivity index (χ0v) is 15.7. The lowest BCUT2D eigenvalue weighted by Gasteiger charge is -2.28. The summed E-state index contributed by atoms with van der Waals surface area (Å²) in [6.45, 7) is 0. The third-order valence-corrected chi connectivity index (χ3v) is 6.01. The van der Waals surface area contributed by atoms with E-state index in [-0.39, 0.29) is 16.1 Å². The number of nitrogens with zero attached hydrogens (tertiary/aromatic N) is 1. The number of hydrogen-bond acceptors (Lipinski definition) is 6. The van der Waals surface area contributed by atoms with Crippen molar-refractivity contribution in [3.8, 4) is 11.5 Å². The second-order valence-electron chi connectivity index (χ2n) is 5.69. The van der Waals surface area contributed by atoms with Crippen molar-refractivity contribution in [1.82, 2.24) is 4.31 Å². The summed E-state index contributed by atoms with van der Waals surface area (Å²) >= 11 is 0. The molecule has 9 heteroatoms. The number of sulfonamides is 1. The molecule has 0 fully saturated rings. The molecule has 1 amide bonds. The van der Waals surface area contributed by atoms with Crippen LogP contribution in [-0.2, 0) is 14.8 Å². The Bertz CT molecular complexity index is 1050. The number of hydrogen-bond donors (Lipinski definition) is 2. The first kappa shape index (κ1) is 18.6. The first-order valence-electron chi connectivity index (χ1n) is 7.86. The Kier molecular flexibility index (Phi) is 4.71. The molecule has 0 saturated heterocycles. The van der Waals surface area contributed by atoms with Crippen molar-refractivity contribution in [3.05, 3.63) is 53.7 Å². The smallest absolute Gasteiger partial charge is 0.276 e. The number of rotatable bonds is 4. The largest absolute Gasteiger partial charge is 0.505 e. The number of aliphatic hydroxyl groups excluding tert-OH is 1. The highest BCUT2D eigenvalue weighted by Crippen LogP contribution is 2.36. The van der Waals surface area contributed by atoms with Gasteiger partial charge in [-0.1, -0.05) is 12.1 Å². The molecule has 0 radical (unpaired) electrons. The molecule has 2 aromatic rings. The number of ether oxygens (including phenoxy) is 2. The summed E-state index contributed by atoms with van der Waals surface area (Å²) in [4.78, 5) is 12.8. The highest BCUT2D eigenvalue weighted by molar-refractivity contribution is 7.89. The Hall–Kier alpha value is -3.20. The second-order valence-corrected chi connectivity index (χ2v) is 7.62. The Morgan fingerprint density at radius 3 is 2.48 bits per heavy atom. The van der Waals surface area contributed by atoms with E-state index in [1.54, 1.807) is 24.3 Å². The molecule has 0 unspecified atom stereocenters. The van der Waals surface area contributed by atoms with E-state index in [0.29, 0.717) is 11.5 Å². The van der Waals surface area contributed by atoms with Crippen LogP contribution in [-0.4, -0.2) is 45.0 Å². The molecule has 0 aromatic heterocycles. The maximum atomic E-state index is 12.8. The fourth-order valence-electron chi connectivity index (χ4n) is 2.78. The van der Waals surface area contributed by atoms with Gasteiger partial charge in [0.2, 0.25) is 0 Å². The molecular formula is C18H18N2O6S. The molecule has 3 rings (SSSR count). The van der Waals surface area contributed by atoms with E-state index in [1.807, 2.05) is 0 Å². The van der Waals surface area contributed by atoms with Crippen molar-refractivity contribution < 1.29 is 27.8 Å². The molecule has 1 aliphatic rings. The van der Waals surface area contributed by atoms with Gasteiger partial charge in [-0.3, -0.25) is 9.10 Å². The van der Waals surface area contributed by atoms with Crippen LogP contribution in [0.4, 0.5) is 5.69 Å². The van der Waals surface area contributed by atoms with Gasteiger partial charge in [0.05, 0.1) is 24.8 Å². The average Bonchev–Trinajstić information content (AvgIpc) is 2.66. The van der Waals surface area contributed by atoms with Crippen molar-refractivity contribution in [2.24, 2.45) is 0 Å². The van der Waals surface area contributed by atoms with Gasteiger partial charge in [-0.15, -0.1) is 0 Å². The standard InChI is InChI=1S/C18H18N2O6S/c1-20-16(17(21)12-6-4-5-7-15(12)27(20,23)24)18(22)19-13-10-11(25-2)8-9-14(13)26-3/h4-10,21H,1-3H3,(H,19,22). The zero-order valence-electron chi connectivity index (χ0n) is 14.9. The van der Waals surface area contributed by atoms with Crippen LogP contribution in [0.5, 0.6) is 11.5 Å². The molecule has 27 heavy (non-hydrogen) atoms. The molecule has 1 heterocycles. The lowest BCUT2D eigenvalue weighted by molar-refractivity contribution is -0.113. The number of methoxy groups -OCH3 is 2. The minimum absolute atomic E-state index is 0.0679. The maximum Gasteiger partial charge on any atom is 0.276 e. The van der Waals surface area contributed by atoms with Gasteiger partial charge < -0.3 is 19.9 Å². The van der Waals surface area contributed by atoms with Gasteiger partial charge in [-0.2, -0.15) is 0 Å². The van der Waals surface area contributed by atoms with E-state index >= 15 is 0 Å². The van der Waals surface area contributed by atoms with Crippen LogP contribution in [0, 0.1) is 0 Å². The van der Waals surface area contributed by atoms with Gasteiger partial charge in [-0.25, -0.2) is 8.42 Å². The van der Waals surface area contributed by atoms with Gasteiger partial charge in [0.15, 0.2) is 11.5 Å². The topological polar surface area (TPSA) is 105 Å². The van der Waals surface area contributed by atoms with E-state index < -0.39 is 27.4 Å². The molecule has 0 spiro atoms. The fourth-order valence-corrected chi connectivity index (χ4v) is 4.17. The summed E-state index contributed by atoms with van der Waals surface area (Å²) in [7, 11) is 0.142. The Labute approximate surface area is 156 Å². The predicted molar refractivity (Wildman–Crippen MR) is 99.1 cm³/mol. The minimum atomic E-state index is -3.97. The van der Waals surface area contributed by atoms with E-state index in [1.165, 1.54) is 39.5 Å². The molecule has 0 aliphatic carbocycles. The van der Waals surface area contributed by atoms with Crippen molar-refractivity contribution in [2.45, 2.75) is 4.90 Å². The van der Waals surface area contributed by atoms with Gasteiger partial charge in [0.1, 0.15) is 11.5 Å². The highest BCUT2D eigenvalue weighted by Gasteiger charge is 2.37. The van der Waals surface area contributed by atoms with Crippen LogP contribution in [0.1, 0.15) is 5.56 Å². The Morgan fingerprint density at radius 2 is 1.81 bits per heavy atom. The summed E-state index contributed by atoms with van der Waals surface area (Å²) in [5, 5.41) is 13.1. The molecule has 2 N–H and O–H groups in total. The van der Waals surface area contributed by atoms with E-state index in [4.69, 9.17) is 9.47 Å². The molecular weight excluding hydrogens is 372 g/mol. The molecule has 1 aliphatic heterocycles. The minimum Gasteiger partial charge on any atom is -0.505 e. The van der Waals surface area contributed by atoms with Gasteiger partial charge in [-0.05, 0) is 24.3 Å². The third kappa shape index (κ3) is 3.06. The summed E-state index contributed by atoms with van der Waals surface area (Å²) in [5.41, 5.74) is -0.0521. The van der Waals surface area contributed by atoms with Crippen LogP contribution in [0.25, 0.3) is 5.76 Å². The van der Waals surface area contributed by atoms with Gasteiger partial charge in [0, 0.05) is 18.7 Å². The van der Waals surface area contributed by atoms with Gasteiger partial charge >= 0.3 is 0 Å². The number of aliphatic hydroxyl groups is 1. The van der Waals surface area contributed by atoms with Crippen LogP contribution in [0.3, 0.4) is 0 Å². The van der Waals surface area contributed by atoms with Crippen LogP contribution in [0.15, 0.2) is 53.1 Å². The molecule has 0 atom stereocenters. The number of likely N-dealkylation sites (N-methyl/N-ethyl adjacent to an activating group) is 1. The SMILES string of the molecule is COc1ccc(OC)c(NC(=O)C2=C(O)c3ccccc3S(=O)(=O)N2C)c1. The quantitative estimate of drug-likeness (QED) is 0.829. The average molecular weight is 390 g/mol. The predicted octanol–water partition coefficient (Wildman–Crippen LogP) is 2.20. The van der Waals surface area contributed by atoms with E-state index in [2.05, 4.69) is 5.32 Å². The lowest BCUT2D eigenvalue weighted by atomic mass is 10.1. The van der Waals surface area contributed by atoms with Crippen LogP contribution < -0.4 is 14.8 Å². The lowest BCUT2D eigenvalue weighted by Crippen LogP contribution is -2.37. The number of amides is 1. The second kappa shape index (κ2) is 6.84. The Morgan fingerprint density at radius 1 is 1.11 bits per heavy atom. The zero-order chi connectivity index (χ0) is 19.8. The number of benzene rings is 2. The van der Waals surface area contributed by atoms with E-state index in [9.17, 15) is 18.3 Å². The van der Waals surface area contributed by atoms with Crippen molar-refractivity contribution in [3.63, 3.8) is 0 Å². The third-order valence-electron chi connectivity index (χ3n) is 4.19. The molecule has 0 bridgehead atoms. The summed E-state index contributed by atoms with van der Waals surface area (Å²) in [5.74, 6) is -0.410. The number of nitrogens with one attached hydrogen (secondary N) is 1. The molecule has 142 valence electrons. The van der Waals surface area contributed by atoms with E-state index in [0.717, 1.165) is 4.31 Å². The first-order valence-corrected chi connectivity index (χ1v) is 9.30. The van der Waals surface area contributed by atoms with Crippen molar-refractivity contribution in [1.29, 1.82) is 0 Å². The van der Waals surface area contributed by atoms with Gasteiger partial charge in [0.25, 0.3) is 15.9 Å². The summed E-state index contributed by atoms with van der Waals surface area (Å²) in [6, 6.07) is 10.7. The van der Waals surface area contributed by atoms with Crippen LogP contribution in [0.2, 0.25) is 0 Å². The molecule has 0 saturated carbocycles. The molecule has 8 nitrogen and oxygen atoms in total. The highest BCUT2D eigenvalue weighted by atomic mass is 32.2. The summed E-state index contributed by atoms with van der Waals surface area (Å²) in [6.07, 6.45) is 0. The normalized spacial score (nSPS) is 15.1. The number of carbonyl (C=O) groups is 1. The van der Waals surface area contributed by atoms with Crippen molar-refractivity contribution >= 4 is 27.4 Å². The fraction of sp³-hybridized carbons (Fsp3) is 0.167. The van der Waals surface area contributed by atoms with Crippen LogP contribution >= 0.6 is 0 Å². The number of anilines is 1. The monoisotopic (exact) mass is 390 g/mol. The molecule has 2 aromatic carbocycles. The maximum absolute atomic E-state index is 12.8. The first-order chi connectivity index (χ1) is 12.8. The number of fused-ring (bicyclic) bond motifs is 1. The number of carbonyl (C=O) groups excluding carboxylic acids is 1. The Balaban J connectivity index is 2.07.